The summed E-state index contributed by atoms with van der Waals surface area (Å²) in [5.74, 6) is 0.996. The predicted molar refractivity (Wildman–Crippen MR) is 83.4 cm³/mol. The fraction of sp³-hybridized carbons (Fsp3) is 0.941. The maximum Gasteiger partial charge on any atom is 0.241 e. The largest absolute Gasteiger partial charge is 0.323 e. The lowest BCUT2D eigenvalue weighted by Crippen LogP contribution is -2.45. The molecule has 0 aromatic carbocycles. The standard InChI is InChI=1S/C17H32N2O/c1-4-15-17(20)19(16(18-15)12-13(2)3)14-10-8-6-5-7-9-11-14/h13-16,18H,4-12H2,1-3H3. The number of rotatable bonds is 4. The van der Waals surface area contributed by atoms with Crippen LogP contribution < -0.4 is 5.32 Å². The molecule has 0 spiro atoms. The molecule has 1 amide bonds. The first kappa shape index (κ1) is 15.8. The van der Waals surface area contributed by atoms with Gasteiger partial charge in [-0.2, -0.15) is 0 Å². The Balaban J connectivity index is 2.08. The molecule has 0 aromatic heterocycles. The number of nitrogens with one attached hydrogen (secondary N) is 1. The first-order valence-corrected chi connectivity index (χ1v) is 8.71. The quantitative estimate of drug-likeness (QED) is 0.852. The molecule has 20 heavy (non-hydrogen) atoms. The first-order chi connectivity index (χ1) is 9.63. The number of amides is 1. The first-order valence-electron chi connectivity index (χ1n) is 8.71. The van der Waals surface area contributed by atoms with Gasteiger partial charge in [-0.15, -0.1) is 0 Å². The molecule has 2 unspecified atom stereocenters. The van der Waals surface area contributed by atoms with Crippen molar-refractivity contribution in [3.05, 3.63) is 0 Å². The Morgan fingerprint density at radius 1 is 1.15 bits per heavy atom. The van der Waals surface area contributed by atoms with Crippen LogP contribution in [-0.2, 0) is 4.79 Å². The minimum absolute atomic E-state index is 0.0594. The predicted octanol–water partition coefficient (Wildman–Crippen LogP) is 3.68. The van der Waals surface area contributed by atoms with Gasteiger partial charge in [-0.1, -0.05) is 52.9 Å². The van der Waals surface area contributed by atoms with E-state index in [9.17, 15) is 4.79 Å². The smallest absolute Gasteiger partial charge is 0.241 e. The van der Waals surface area contributed by atoms with Crippen molar-refractivity contribution in [2.45, 2.75) is 96.8 Å². The molecule has 1 N–H and O–H groups in total. The highest BCUT2D eigenvalue weighted by Crippen LogP contribution is 2.28. The van der Waals surface area contributed by atoms with Gasteiger partial charge in [-0.3, -0.25) is 10.1 Å². The fourth-order valence-electron chi connectivity index (χ4n) is 3.79. The van der Waals surface area contributed by atoms with Crippen LogP contribution in [0.1, 0.15) is 78.6 Å². The third-order valence-electron chi connectivity index (χ3n) is 4.85. The molecule has 1 saturated carbocycles. The summed E-state index contributed by atoms with van der Waals surface area (Å²) in [7, 11) is 0. The summed E-state index contributed by atoms with van der Waals surface area (Å²) < 4.78 is 0. The summed E-state index contributed by atoms with van der Waals surface area (Å²) in [4.78, 5) is 14.9. The molecule has 2 rings (SSSR count). The van der Waals surface area contributed by atoms with Crippen molar-refractivity contribution in [2.24, 2.45) is 5.92 Å². The maximum atomic E-state index is 12.7. The minimum Gasteiger partial charge on any atom is -0.323 e. The SMILES string of the molecule is CCC1NC(CC(C)C)N(C2CCCCCCC2)C1=O. The van der Waals surface area contributed by atoms with Crippen molar-refractivity contribution >= 4 is 5.91 Å². The van der Waals surface area contributed by atoms with Gasteiger partial charge in [0.2, 0.25) is 5.91 Å². The number of carbonyl (C=O) groups excluding carboxylic acids is 1. The highest BCUT2D eigenvalue weighted by Gasteiger charge is 2.41. The minimum atomic E-state index is 0.0594. The van der Waals surface area contributed by atoms with Crippen LogP contribution in [0.25, 0.3) is 0 Å². The third-order valence-corrected chi connectivity index (χ3v) is 4.85. The second-order valence-corrected chi connectivity index (χ2v) is 7.02. The molecule has 3 heteroatoms. The zero-order valence-corrected chi connectivity index (χ0v) is 13.5. The summed E-state index contributed by atoms with van der Waals surface area (Å²) in [6.45, 7) is 6.62. The Labute approximate surface area is 124 Å². The maximum absolute atomic E-state index is 12.7. The van der Waals surface area contributed by atoms with Crippen molar-refractivity contribution in [2.75, 3.05) is 0 Å². The van der Waals surface area contributed by atoms with E-state index in [-0.39, 0.29) is 12.2 Å². The molecule has 2 fully saturated rings. The summed E-state index contributed by atoms with van der Waals surface area (Å²) in [6, 6.07) is 0.541. The summed E-state index contributed by atoms with van der Waals surface area (Å²) in [6.07, 6.45) is 11.3. The van der Waals surface area contributed by atoms with E-state index in [1.165, 1.54) is 44.9 Å². The van der Waals surface area contributed by atoms with Gasteiger partial charge in [0.05, 0.1) is 12.2 Å². The van der Waals surface area contributed by atoms with E-state index in [0.717, 1.165) is 12.8 Å². The lowest BCUT2D eigenvalue weighted by molar-refractivity contribution is -0.133. The van der Waals surface area contributed by atoms with E-state index in [1.54, 1.807) is 0 Å². The van der Waals surface area contributed by atoms with Gasteiger partial charge in [0.15, 0.2) is 0 Å². The van der Waals surface area contributed by atoms with Crippen molar-refractivity contribution in [1.82, 2.24) is 10.2 Å². The Morgan fingerprint density at radius 3 is 2.30 bits per heavy atom. The van der Waals surface area contributed by atoms with Crippen molar-refractivity contribution < 1.29 is 4.79 Å². The lowest BCUT2D eigenvalue weighted by atomic mass is 9.94. The normalized spacial score (nSPS) is 29.8. The van der Waals surface area contributed by atoms with Gasteiger partial charge in [-0.25, -0.2) is 0 Å². The highest BCUT2D eigenvalue weighted by atomic mass is 16.2. The lowest BCUT2D eigenvalue weighted by Gasteiger charge is -2.34. The van der Waals surface area contributed by atoms with Gasteiger partial charge in [0.1, 0.15) is 0 Å². The fourth-order valence-corrected chi connectivity index (χ4v) is 3.79. The van der Waals surface area contributed by atoms with Crippen LogP contribution in [0, 0.1) is 5.92 Å². The Morgan fingerprint density at radius 2 is 1.75 bits per heavy atom. The monoisotopic (exact) mass is 280 g/mol. The molecule has 116 valence electrons. The number of hydrogen-bond donors (Lipinski definition) is 1. The van der Waals surface area contributed by atoms with E-state index in [0.29, 0.717) is 17.9 Å². The van der Waals surface area contributed by atoms with Crippen LogP contribution in [0.5, 0.6) is 0 Å². The van der Waals surface area contributed by atoms with Crippen molar-refractivity contribution in [1.29, 1.82) is 0 Å². The molecule has 1 aliphatic carbocycles. The Kier molecular flexibility index (Phi) is 5.88. The molecule has 1 saturated heterocycles. The summed E-state index contributed by atoms with van der Waals surface area (Å²) in [5.41, 5.74) is 0. The van der Waals surface area contributed by atoms with E-state index >= 15 is 0 Å². The average molecular weight is 280 g/mol. The summed E-state index contributed by atoms with van der Waals surface area (Å²) in [5, 5.41) is 3.58. The molecule has 1 aliphatic heterocycles. The second-order valence-electron chi connectivity index (χ2n) is 7.02. The van der Waals surface area contributed by atoms with Gasteiger partial charge < -0.3 is 4.90 Å². The number of carbonyl (C=O) groups is 1. The van der Waals surface area contributed by atoms with Gasteiger partial charge in [-0.05, 0) is 31.6 Å². The summed E-state index contributed by atoms with van der Waals surface area (Å²) >= 11 is 0. The second kappa shape index (κ2) is 7.44. The van der Waals surface area contributed by atoms with Gasteiger partial charge in [0.25, 0.3) is 0 Å². The van der Waals surface area contributed by atoms with Crippen LogP contribution in [0.4, 0.5) is 0 Å². The molecule has 0 bridgehead atoms. The zero-order chi connectivity index (χ0) is 14.5. The molecule has 0 radical (unpaired) electrons. The molecule has 3 nitrogen and oxygen atoms in total. The van der Waals surface area contributed by atoms with Gasteiger partial charge >= 0.3 is 0 Å². The highest BCUT2D eigenvalue weighted by molar-refractivity contribution is 5.84. The topological polar surface area (TPSA) is 32.3 Å². The molecule has 1 heterocycles. The van der Waals surface area contributed by atoms with Crippen LogP contribution in [0.3, 0.4) is 0 Å². The molecular formula is C17H32N2O. The molecule has 2 atom stereocenters. The van der Waals surface area contributed by atoms with E-state index in [2.05, 4.69) is 31.0 Å². The molecular weight excluding hydrogens is 248 g/mol. The number of hydrogen-bond acceptors (Lipinski definition) is 2. The van der Waals surface area contributed by atoms with Gasteiger partial charge in [0, 0.05) is 6.04 Å². The van der Waals surface area contributed by atoms with E-state index in [4.69, 9.17) is 0 Å². The van der Waals surface area contributed by atoms with E-state index < -0.39 is 0 Å². The third kappa shape index (κ3) is 3.75. The van der Waals surface area contributed by atoms with E-state index in [1.807, 2.05) is 0 Å². The number of nitrogens with zero attached hydrogens (tertiary/aromatic N) is 1. The van der Waals surface area contributed by atoms with Crippen molar-refractivity contribution in [3.63, 3.8) is 0 Å². The van der Waals surface area contributed by atoms with Crippen LogP contribution in [0.2, 0.25) is 0 Å². The average Bonchev–Trinajstić information content (AvgIpc) is 2.65. The molecule has 0 aromatic rings. The Bertz CT molecular complexity index is 308. The van der Waals surface area contributed by atoms with Crippen LogP contribution in [-0.4, -0.2) is 29.1 Å². The van der Waals surface area contributed by atoms with Crippen molar-refractivity contribution in [3.8, 4) is 0 Å². The zero-order valence-electron chi connectivity index (χ0n) is 13.5. The Hall–Kier alpha value is -0.570. The van der Waals surface area contributed by atoms with Crippen LogP contribution >= 0.6 is 0 Å². The van der Waals surface area contributed by atoms with Crippen LogP contribution in [0.15, 0.2) is 0 Å². The molecule has 2 aliphatic rings.